The quantitative estimate of drug-likeness (QED) is 0.408. The summed E-state index contributed by atoms with van der Waals surface area (Å²) in [6.45, 7) is 0. The van der Waals surface area contributed by atoms with Crippen molar-refractivity contribution in [1.29, 1.82) is 0 Å². The smallest absolute Gasteiger partial charge is 0.343 e. The van der Waals surface area contributed by atoms with Gasteiger partial charge >= 0.3 is 5.97 Å². The maximum absolute atomic E-state index is 12.9. The van der Waals surface area contributed by atoms with Crippen LogP contribution in [0.15, 0.2) is 53.0 Å². The van der Waals surface area contributed by atoms with E-state index >= 15 is 0 Å². The molecule has 2 amide bonds. The summed E-state index contributed by atoms with van der Waals surface area (Å²) in [5.41, 5.74) is 0.898. The summed E-state index contributed by atoms with van der Waals surface area (Å²) in [7, 11) is 0. The Hall–Kier alpha value is -2.47. The minimum Gasteiger partial charge on any atom is -0.423 e. The molecule has 2 aromatic rings. The molecule has 3 aliphatic rings. The molecule has 2 saturated carbocycles. The van der Waals surface area contributed by atoms with E-state index in [2.05, 4.69) is 15.9 Å². The summed E-state index contributed by atoms with van der Waals surface area (Å²) in [6, 6.07) is 13.5. The predicted octanol–water partition coefficient (Wildman–Crippen LogP) is 4.20. The molecule has 0 unspecified atom stereocenters. The van der Waals surface area contributed by atoms with Gasteiger partial charge in [-0.15, -0.1) is 0 Å². The van der Waals surface area contributed by atoms with Gasteiger partial charge in [-0.05, 0) is 79.6 Å². The van der Waals surface area contributed by atoms with Crippen LogP contribution < -0.4 is 9.64 Å². The average Bonchev–Trinajstić information content (AvgIpc) is 3.38. The van der Waals surface area contributed by atoms with Crippen molar-refractivity contribution in [2.45, 2.75) is 19.3 Å². The van der Waals surface area contributed by atoms with Crippen LogP contribution in [0.5, 0.6) is 5.75 Å². The highest BCUT2D eigenvalue weighted by Crippen LogP contribution is 2.56. The maximum Gasteiger partial charge on any atom is 0.343 e. The molecule has 5 rings (SSSR count). The van der Waals surface area contributed by atoms with Crippen LogP contribution in [0.2, 0.25) is 0 Å². The predicted molar refractivity (Wildman–Crippen MR) is 106 cm³/mol. The number of rotatable bonds is 3. The number of amides is 2. The molecule has 0 radical (unpaired) electrons. The number of anilines is 1. The zero-order chi connectivity index (χ0) is 19.4. The highest BCUT2D eigenvalue weighted by Gasteiger charge is 2.61. The molecule has 4 atom stereocenters. The first-order valence-electron chi connectivity index (χ1n) is 9.48. The summed E-state index contributed by atoms with van der Waals surface area (Å²) in [6.07, 6.45) is 3.13. The lowest BCUT2D eigenvalue weighted by Crippen LogP contribution is -2.32. The van der Waals surface area contributed by atoms with E-state index in [1.165, 1.54) is 4.90 Å². The van der Waals surface area contributed by atoms with E-state index in [9.17, 15) is 14.4 Å². The van der Waals surface area contributed by atoms with Gasteiger partial charge in [0.25, 0.3) is 0 Å². The summed E-state index contributed by atoms with van der Waals surface area (Å²) < 4.78 is 6.25. The Morgan fingerprint density at radius 2 is 1.46 bits per heavy atom. The molecule has 5 nitrogen and oxygen atoms in total. The molecule has 0 spiro atoms. The highest BCUT2D eigenvalue weighted by molar-refractivity contribution is 9.10. The van der Waals surface area contributed by atoms with Crippen LogP contribution in [-0.2, 0) is 9.59 Å². The van der Waals surface area contributed by atoms with Crippen LogP contribution >= 0.6 is 15.9 Å². The van der Waals surface area contributed by atoms with Gasteiger partial charge in [0, 0.05) is 4.47 Å². The van der Waals surface area contributed by atoms with E-state index in [0.717, 1.165) is 23.7 Å². The molecule has 28 heavy (non-hydrogen) atoms. The second-order valence-electron chi connectivity index (χ2n) is 7.79. The Morgan fingerprint density at radius 1 is 0.893 bits per heavy atom. The number of nitrogens with zero attached hydrogens (tertiary/aromatic N) is 1. The fourth-order valence-electron chi connectivity index (χ4n) is 5.08. The first kappa shape index (κ1) is 17.6. The fourth-order valence-corrected chi connectivity index (χ4v) is 5.34. The Balaban J connectivity index is 1.34. The van der Waals surface area contributed by atoms with E-state index in [4.69, 9.17) is 4.74 Å². The van der Waals surface area contributed by atoms with Crippen molar-refractivity contribution in [3.05, 3.63) is 58.6 Å². The molecule has 1 heterocycles. The zero-order valence-electron chi connectivity index (χ0n) is 15.0. The van der Waals surface area contributed by atoms with Crippen molar-refractivity contribution in [1.82, 2.24) is 0 Å². The third-order valence-electron chi connectivity index (χ3n) is 6.31. The lowest BCUT2D eigenvalue weighted by atomic mass is 9.81. The number of benzene rings is 2. The first-order chi connectivity index (χ1) is 13.5. The maximum atomic E-state index is 12.9. The first-order valence-corrected chi connectivity index (χ1v) is 10.3. The number of fused-ring (bicyclic) bond motifs is 5. The standard InChI is InChI=1S/C22H18BrNO4/c23-15-5-9-17(10-6-15)28-22(27)12-3-7-16(8-4-12)24-20(25)18-13-1-2-14(11-13)19(18)21(24)26/h3-10,13-14,18-19H,1-2,11H2/t13-,14-,18-,19+/m0/s1. The van der Waals surface area contributed by atoms with Crippen molar-refractivity contribution in [3.8, 4) is 5.75 Å². The van der Waals surface area contributed by atoms with Crippen molar-refractivity contribution in [2.24, 2.45) is 23.7 Å². The normalized spacial score (nSPS) is 28.0. The van der Waals surface area contributed by atoms with Gasteiger partial charge < -0.3 is 4.74 Å². The lowest BCUT2D eigenvalue weighted by Gasteiger charge is -2.19. The molecule has 0 aromatic heterocycles. The molecular formula is C22H18BrNO4. The van der Waals surface area contributed by atoms with Crippen LogP contribution in [0.1, 0.15) is 29.6 Å². The SMILES string of the molecule is O=C(Oc1ccc(Br)cc1)c1ccc(N2C(=O)[C@@H]3[C@H]4CC[C@@H](C4)[C@@H]3C2=O)cc1. The van der Waals surface area contributed by atoms with Crippen molar-refractivity contribution in [2.75, 3.05) is 4.90 Å². The summed E-state index contributed by atoms with van der Waals surface area (Å²) in [5, 5.41) is 0. The van der Waals surface area contributed by atoms with Gasteiger partial charge in [0.1, 0.15) is 5.75 Å². The van der Waals surface area contributed by atoms with Gasteiger partial charge in [0.2, 0.25) is 11.8 Å². The van der Waals surface area contributed by atoms with Crippen LogP contribution in [-0.4, -0.2) is 17.8 Å². The van der Waals surface area contributed by atoms with E-state index in [1.54, 1.807) is 48.5 Å². The number of imide groups is 1. The second-order valence-corrected chi connectivity index (χ2v) is 8.70. The third-order valence-corrected chi connectivity index (χ3v) is 6.84. The molecule has 3 fully saturated rings. The third kappa shape index (κ3) is 2.70. The molecule has 2 aromatic carbocycles. The van der Waals surface area contributed by atoms with Crippen LogP contribution in [0.3, 0.4) is 0 Å². The van der Waals surface area contributed by atoms with E-state index in [0.29, 0.717) is 28.8 Å². The van der Waals surface area contributed by atoms with Crippen LogP contribution in [0.25, 0.3) is 0 Å². The molecule has 2 aliphatic carbocycles. The van der Waals surface area contributed by atoms with Crippen LogP contribution in [0.4, 0.5) is 5.69 Å². The van der Waals surface area contributed by atoms with Crippen molar-refractivity contribution < 1.29 is 19.1 Å². The minimum atomic E-state index is -0.483. The molecule has 1 saturated heterocycles. The van der Waals surface area contributed by atoms with Gasteiger partial charge in [-0.3, -0.25) is 14.5 Å². The van der Waals surface area contributed by atoms with Crippen molar-refractivity contribution in [3.63, 3.8) is 0 Å². The number of hydrogen-bond acceptors (Lipinski definition) is 4. The van der Waals surface area contributed by atoms with E-state index in [1.807, 2.05) is 0 Å². The molecule has 142 valence electrons. The van der Waals surface area contributed by atoms with Gasteiger partial charge in [0.05, 0.1) is 23.1 Å². The van der Waals surface area contributed by atoms with Gasteiger partial charge in [-0.25, -0.2) is 4.79 Å². The molecule has 1 aliphatic heterocycles. The molecule has 6 heteroatoms. The van der Waals surface area contributed by atoms with Crippen LogP contribution in [0, 0.1) is 23.7 Å². The largest absolute Gasteiger partial charge is 0.423 e. The van der Waals surface area contributed by atoms with Gasteiger partial charge in [-0.2, -0.15) is 0 Å². The Bertz CT molecular complexity index is 941. The number of hydrogen-bond donors (Lipinski definition) is 0. The molecule has 0 N–H and O–H groups in total. The summed E-state index contributed by atoms with van der Waals surface area (Å²) in [5.74, 6) is 0.239. The van der Waals surface area contributed by atoms with Gasteiger partial charge in [0.15, 0.2) is 0 Å². The summed E-state index contributed by atoms with van der Waals surface area (Å²) in [4.78, 5) is 39.4. The second kappa shape index (κ2) is 6.55. The lowest BCUT2D eigenvalue weighted by molar-refractivity contribution is -0.123. The number of halogens is 1. The Labute approximate surface area is 170 Å². The van der Waals surface area contributed by atoms with Crippen molar-refractivity contribution >= 4 is 39.4 Å². The Morgan fingerprint density at radius 3 is 2.04 bits per heavy atom. The molecular weight excluding hydrogens is 422 g/mol. The summed E-state index contributed by atoms with van der Waals surface area (Å²) >= 11 is 3.34. The van der Waals surface area contributed by atoms with E-state index in [-0.39, 0.29) is 23.7 Å². The minimum absolute atomic E-state index is 0.0765. The average molecular weight is 440 g/mol. The van der Waals surface area contributed by atoms with E-state index < -0.39 is 5.97 Å². The number of carbonyl (C=O) groups is 3. The molecule has 2 bridgehead atoms. The fraction of sp³-hybridized carbons (Fsp3) is 0.318. The number of carbonyl (C=O) groups excluding carboxylic acids is 3. The number of ether oxygens (including phenoxy) is 1. The van der Waals surface area contributed by atoms with Gasteiger partial charge in [-0.1, -0.05) is 15.9 Å². The zero-order valence-corrected chi connectivity index (χ0v) is 16.6. The Kier molecular flexibility index (Phi) is 4.12. The topological polar surface area (TPSA) is 63.7 Å². The number of esters is 1. The monoisotopic (exact) mass is 439 g/mol. The highest BCUT2D eigenvalue weighted by atomic mass is 79.9.